The van der Waals surface area contributed by atoms with Crippen LogP contribution in [0.1, 0.15) is 6.92 Å². The molecule has 0 aromatic heterocycles. The first-order chi connectivity index (χ1) is 8.92. The van der Waals surface area contributed by atoms with Crippen molar-refractivity contribution in [2.45, 2.75) is 6.92 Å². The van der Waals surface area contributed by atoms with Crippen LogP contribution in [-0.4, -0.2) is 19.8 Å². The molecule has 0 amide bonds. The smallest absolute Gasteiger partial charge is 0.127 e. The van der Waals surface area contributed by atoms with Crippen molar-refractivity contribution in [3.05, 3.63) is 54.6 Å². The van der Waals surface area contributed by atoms with E-state index in [0.717, 1.165) is 17.9 Å². The van der Waals surface area contributed by atoms with Crippen LogP contribution in [0.2, 0.25) is 0 Å². The average molecular weight is 242 g/mol. The van der Waals surface area contributed by atoms with Gasteiger partial charge in [-0.2, -0.15) is 0 Å². The summed E-state index contributed by atoms with van der Waals surface area (Å²) in [5.74, 6) is 0.906. The predicted octanol–water partition coefficient (Wildman–Crippen LogP) is 3.77. The van der Waals surface area contributed by atoms with E-state index in [0.29, 0.717) is 13.2 Å². The van der Waals surface area contributed by atoms with Crippen LogP contribution < -0.4 is 4.74 Å². The molecule has 0 N–H and O–H groups in total. The third kappa shape index (κ3) is 3.34. The summed E-state index contributed by atoms with van der Waals surface area (Å²) >= 11 is 0. The maximum atomic E-state index is 5.77. The first-order valence-electron chi connectivity index (χ1n) is 6.27. The molecule has 94 valence electrons. The SMILES string of the molecule is CCOCCOc1ccccc1-c1ccccc1. The summed E-state index contributed by atoms with van der Waals surface area (Å²) in [6, 6.07) is 18.3. The van der Waals surface area contributed by atoms with E-state index < -0.39 is 0 Å². The van der Waals surface area contributed by atoms with E-state index in [1.165, 1.54) is 5.56 Å². The van der Waals surface area contributed by atoms with Crippen LogP contribution >= 0.6 is 0 Å². The fraction of sp³-hybridized carbons (Fsp3) is 0.250. The molecule has 0 heterocycles. The molecule has 0 atom stereocenters. The quantitative estimate of drug-likeness (QED) is 0.718. The second-order valence-electron chi connectivity index (χ2n) is 3.91. The highest BCUT2D eigenvalue weighted by molar-refractivity contribution is 5.70. The lowest BCUT2D eigenvalue weighted by Crippen LogP contribution is -2.06. The minimum Gasteiger partial charge on any atom is -0.491 e. The standard InChI is InChI=1S/C16H18O2/c1-2-17-12-13-18-16-11-7-6-10-15(16)14-8-4-3-5-9-14/h3-11H,2,12-13H2,1H3. The normalized spacial score (nSPS) is 10.3. The van der Waals surface area contributed by atoms with Gasteiger partial charge in [0.25, 0.3) is 0 Å². The summed E-state index contributed by atoms with van der Waals surface area (Å²) < 4.78 is 11.0. The topological polar surface area (TPSA) is 18.5 Å². The molecule has 2 heteroatoms. The monoisotopic (exact) mass is 242 g/mol. The number of hydrogen-bond donors (Lipinski definition) is 0. The van der Waals surface area contributed by atoms with Gasteiger partial charge >= 0.3 is 0 Å². The molecule has 0 fully saturated rings. The Hall–Kier alpha value is -1.80. The second kappa shape index (κ2) is 6.82. The Morgan fingerprint density at radius 1 is 0.833 bits per heavy atom. The van der Waals surface area contributed by atoms with Crippen LogP contribution in [0.25, 0.3) is 11.1 Å². The summed E-state index contributed by atoms with van der Waals surface area (Å²) in [6.45, 7) is 3.92. The zero-order valence-corrected chi connectivity index (χ0v) is 10.6. The Labute approximate surface area is 108 Å². The maximum absolute atomic E-state index is 5.77. The van der Waals surface area contributed by atoms with Crippen LogP contribution in [0.15, 0.2) is 54.6 Å². The van der Waals surface area contributed by atoms with E-state index in [4.69, 9.17) is 9.47 Å². The summed E-state index contributed by atoms with van der Waals surface area (Å²) in [7, 11) is 0. The zero-order chi connectivity index (χ0) is 12.6. The Balaban J connectivity index is 2.11. The lowest BCUT2D eigenvalue weighted by Gasteiger charge is -2.11. The molecule has 0 spiro atoms. The Morgan fingerprint density at radius 2 is 1.56 bits per heavy atom. The van der Waals surface area contributed by atoms with Gasteiger partial charge in [0.15, 0.2) is 0 Å². The van der Waals surface area contributed by atoms with Crippen molar-refractivity contribution in [1.29, 1.82) is 0 Å². The molecule has 0 saturated carbocycles. The van der Waals surface area contributed by atoms with E-state index in [1.807, 2.05) is 43.3 Å². The van der Waals surface area contributed by atoms with Crippen molar-refractivity contribution in [2.24, 2.45) is 0 Å². The fourth-order valence-corrected chi connectivity index (χ4v) is 1.80. The molecule has 0 saturated heterocycles. The molecule has 0 aliphatic heterocycles. The molecular formula is C16H18O2. The Morgan fingerprint density at radius 3 is 2.33 bits per heavy atom. The van der Waals surface area contributed by atoms with E-state index in [9.17, 15) is 0 Å². The minimum atomic E-state index is 0.581. The third-order valence-corrected chi connectivity index (χ3v) is 2.66. The van der Waals surface area contributed by atoms with Crippen molar-refractivity contribution in [1.82, 2.24) is 0 Å². The number of rotatable bonds is 6. The van der Waals surface area contributed by atoms with Crippen LogP contribution in [0.3, 0.4) is 0 Å². The molecule has 2 nitrogen and oxygen atoms in total. The molecule has 2 aromatic rings. The third-order valence-electron chi connectivity index (χ3n) is 2.66. The molecule has 18 heavy (non-hydrogen) atoms. The molecular weight excluding hydrogens is 224 g/mol. The second-order valence-corrected chi connectivity index (χ2v) is 3.91. The van der Waals surface area contributed by atoms with Crippen LogP contribution in [0, 0.1) is 0 Å². The van der Waals surface area contributed by atoms with Crippen molar-refractivity contribution in [3.8, 4) is 16.9 Å². The highest BCUT2D eigenvalue weighted by Crippen LogP contribution is 2.29. The van der Waals surface area contributed by atoms with Gasteiger partial charge in [0.05, 0.1) is 6.61 Å². The summed E-state index contributed by atoms with van der Waals surface area (Å²) in [6.07, 6.45) is 0. The van der Waals surface area contributed by atoms with Gasteiger partial charge in [0.1, 0.15) is 12.4 Å². The van der Waals surface area contributed by atoms with Gasteiger partial charge in [-0.3, -0.25) is 0 Å². The van der Waals surface area contributed by atoms with Crippen molar-refractivity contribution >= 4 is 0 Å². The molecule has 0 unspecified atom stereocenters. The number of para-hydroxylation sites is 1. The molecule has 2 rings (SSSR count). The van der Waals surface area contributed by atoms with Gasteiger partial charge in [0, 0.05) is 12.2 Å². The molecule has 0 radical (unpaired) electrons. The van der Waals surface area contributed by atoms with Crippen molar-refractivity contribution in [3.63, 3.8) is 0 Å². The molecule has 2 aromatic carbocycles. The van der Waals surface area contributed by atoms with Crippen LogP contribution in [-0.2, 0) is 4.74 Å². The predicted molar refractivity (Wildman–Crippen MR) is 73.9 cm³/mol. The van der Waals surface area contributed by atoms with Crippen LogP contribution in [0.4, 0.5) is 0 Å². The van der Waals surface area contributed by atoms with E-state index >= 15 is 0 Å². The first-order valence-corrected chi connectivity index (χ1v) is 6.27. The summed E-state index contributed by atoms with van der Waals surface area (Å²) in [5, 5.41) is 0. The highest BCUT2D eigenvalue weighted by Gasteiger charge is 2.04. The fourth-order valence-electron chi connectivity index (χ4n) is 1.80. The van der Waals surface area contributed by atoms with Gasteiger partial charge in [-0.25, -0.2) is 0 Å². The molecule has 0 aliphatic rings. The summed E-state index contributed by atoms with van der Waals surface area (Å²) in [4.78, 5) is 0. The van der Waals surface area contributed by atoms with Crippen molar-refractivity contribution in [2.75, 3.05) is 19.8 Å². The van der Waals surface area contributed by atoms with Gasteiger partial charge < -0.3 is 9.47 Å². The number of ether oxygens (including phenoxy) is 2. The van der Waals surface area contributed by atoms with Gasteiger partial charge in [-0.15, -0.1) is 0 Å². The Bertz CT molecular complexity index is 466. The number of hydrogen-bond acceptors (Lipinski definition) is 2. The minimum absolute atomic E-state index is 0.581. The first kappa shape index (κ1) is 12.7. The Kier molecular flexibility index (Phi) is 4.79. The summed E-state index contributed by atoms with van der Waals surface area (Å²) in [5.41, 5.74) is 2.29. The zero-order valence-electron chi connectivity index (χ0n) is 10.6. The van der Waals surface area contributed by atoms with E-state index in [-0.39, 0.29) is 0 Å². The van der Waals surface area contributed by atoms with E-state index in [2.05, 4.69) is 18.2 Å². The molecule has 0 aliphatic carbocycles. The average Bonchev–Trinajstić information content (AvgIpc) is 2.45. The maximum Gasteiger partial charge on any atom is 0.127 e. The van der Waals surface area contributed by atoms with Gasteiger partial charge in [0.2, 0.25) is 0 Å². The number of benzene rings is 2. The largest absolute Gasteiger partial charge is 0.491 e. The lowest BCUT2D eigenvalue weighted by molar-refractivity contribution is 0.110. The lowest BCUT2D eigenvalue weighted by atomic mass is 10.1. The van der Waals surface area contributed by atoms with Gasteiger partial charge in [-0.05, 0) is 18.6 Å². The van der Waals surface area contributed by atoms with Crippen LogP contribution in [0.5, 0.6) is 5.75 Å². The van der Waals surface area contributed by atoms with Crippen molar-refractivity contribution < 1.29 is 9.47 Å². The van der Waals surface area contributed by atoms with Gasteiger partial charge in [-0.1, -0.05) is 48.5 Å². The highest BCUT2D eigenvalue weighted by atomic mass is 16.5. The molecule has 0 bridgehead atoms. The van der Waals surface area contributed by atoms with E-state index in [1.54, 1.807) is 0 Å².